The normalized spacial score (nSPS) is 20.7. The van der Waals surface area contributed by atoms with Crippen LogP contribution in [0.1, 0.15) is 27.7 Å². The van der Waals surface area contributed by atoms with Crippen LogP contribution in [0.15, 0.2) is 61.2 Å². The van der Waals surface area contributed by atoms with Crippen molar-refractivity contribution in [2.75, 3.05) is 26.2 Å². The van der Waals surface area contributed by atoms with Gasteiger partial charge in [0.05, 0.1) is 0 Å². The highest BCUT2D eigenvalue weighted by atomic mass is 16.2. The molecule has 1 amide bonds. The van der Waals surface area contributed by atoms with Crippen LogP contribution >= 0.6 is 0 Å². The molecule has 0 bridgehead atoms. The van der Waals surface area contributed by atoms with Gasteiger partial charge in [0, 0.05) is 69.1 Å². The minimum atomic E-state index is 0.0261. The van der Waals surface area contributed by atoms with E-state index < -0.39 is 0 Å². The average molecular weight is 388 g/mol. The Labute approximate surface area is 170 Å². The molecule has 2 fully saturated rings. The molecule has 2 aromatic heterocycles. The Morgan fingerprint density at radius 1 is 1.10 bits per heavy atom. The van der Waals surface area contributed by atoms with E-state index in [1.807, 2.05) is 22.6 Å². The molecule has 2 aliphatic rings. The van der Waals surface area contributed by atoms with Gasteiger partial charge in [0.2, 0.25) is 0 Å². The Morgan fingerprint density at radius 2 is 1.86 bits per heavy atom. The van der Waals surface area contributed by atoms with Gasteiger partial charge in [0.1, 0.15) is 12.2 Å². The Balaban J connectivity index is 1.37. The summed E-state index contributed by atoms with van der Waals surface area (Å²) in [4.78, 5) is 21.3. The van der Waals surface area contributed by atoms with Crippen molar-refractivity contribution in [3.05, 3.63) is 78.1 Å². The van der Waals surface area contributed by atoms with E-state index in [0.717, 1.165) is 38.5 Å². The first-order valence-electron chi connectivity index (χ1n) is 9.94. The van der Waals surface area contributed by atoms with Crippen molar-refractivity contribution in [3.63, 3.8) is 0 Å². The molecule has 2 saturated heterocycles. The number of amides is 1. The van der Waals surface area contributed by atoms with Crippen molar-refractivity contribution < 1.29 is 4.79 Å². The second-order valence-electron chi connectivity index (χ2n) is 8.27. The number of carbonyl (C=O) groups excluding carboxylic acids is 1. The first-order chi connectivity index (χ1) is 14.1. The summed E-state index contributed by atoms with van der Waals surface area (Å²) in [5.74, 6) is 1.35. The minimum Gasteiger partial charge on any atom is -0.337 e. The lowest BCUT2D eigenvalue weighted by atomic mass is 9.71. The van der Waals surface area contributed by atoms with Gasteiger partial charge in [-0.05, 0) is 17.7 Å². The molecule has 29 heavy (non-hydrogen) atoms. The monoisotopic (exact) mass is 388 g/mol. The van der Waals surface area contributed by atoms with Crippen molar-refractivity contribution >= 4 is 5.91 Å². The predicted molar refractivity (Wildman–Crippen MR) is 108 cm³/mol. The maximum Gasteiger partial charge on any atom is 0.254 e. The van der Waals surface area contributed by atoms with Crippen LogP contribution in [0.4, 0.5) is 0 Å². The maximum atomic E-state index is 12.9. The van der Waals surface area contributed by atoms with Gasteiger partial charge in [-0.25, -0.2) is 0 Å². The SMILES string of the molecule is Cn1cnnc1C1CN(Cc2ccccc2)CC12CN(C(=O)c1ccncc1)C2. The summed E-state index contributed by atoms with van der Waals surface area (Å²) in [5.41, 5.74) is 2.03. The highest BCUT2D eigenvalue weighted by Crippen LogP contribution is 2.49. The van der Waals surface area contributed by atoms with Crippen LogP contribution in [0.2, 0.25) is 0 Å². The topological polar surface area (TPSA) is 67.2 Å². The van der Waals surface area contributed by atoms with Gasteiger partial charge in [0.25, 0.3) is 5.91 Å². The highest BCUT2D eigenvalue weighted by molar-refractivity contribution is 5.94. The van der Waals surface area contributed by atoms with E-state index in [1.54, 1.807) is 30.9 Å². The lowest BCUT2D eigenvalue weighted by molar-refractivity contribution is 0.00140. The van der Waals surface area contributed by atoms with Gasteiger partial charge in [-0.3, -0.25) is 14.7 Å². The van der Waals surface area contributed by atoms with E-state index in [0.29, 0.717) is 5.56 Å². The number of likely N-dealkylation sites (tertiary alicyclic amines) is 2. The summed E-state index contributed by atoms with van der Waals surface area (Å²) in [6.07, 6.45) is 5.10. The van der Waals surface area contributed by atoms with Gasteiger partial charge in [-0.2, -0.15) is 0 Å². The predicted octanol–water partition coefficient (Wildman–Crippen LogP) is 1.95. The molecule has 148 valence electrons. The Hall–Kier alpha value is -3.06. The molecule has 0 saturated carbocycles. The lowest BCUT2D eigenvalue weighted by Gasteiger charge is -2.50. The van der Waals surface area contributed by atoms with E-state index in [9.17, 15) is 4.79 Å². The summed E-state index contributed by atoms with van der Waals surface area (Å²) >= 11 is 0. The molecule has 1 aromatic carbocycles. The third kappa shape index (κ3) is 3.21. The molecule has 1 unspecified atom stereocenters. The molecule has 3 aromatic rings. The smallest absolute Gasteiger partial charge is 0.254 e. The second-order valence-corrected chi connectivity index (χ2v) is 8.27. The van der Waals surface area contributed by atoms with Crippen molar-refractivity contribution in [2.24, 2.45) is 12.5 Å². The second kappa shape index (κ2) is 7.08. The summed E-state index contributed by atoms with van der Waals surface area (Å²) in [5, 5.41) is 8.53. The van der Waals surface area contributed by atoms with E-state index in [2.05, 4.69) is 44.3 Å². The Morgan fingerprint density at radius 3 is 2.55 bits per heavy atom. The molecule has 0 aliphatic carbocycles. The van der Waals surface area contributed by atoms with Crippen LogP contribution in [-0.2, 0) is 13.6 Å². The third-order valence-electron chi connectivity index (χ3n) is 6.25. The summed E-state index contributed by atoms with van der Waals surface area (Å²) in [6, 6.07) is 14.1. The van der Waals surface area contributed by atoms with Crippen LogP contribution in [0.25, 0.3) is 0 Å². The van der Waals surface area contributed by atoms with E-state index in [-0.39, 0.29) is 17.2 Å². The molecular weight excluding hydrogens is 364 g/mol. The lowest BCUT2D eigenvalue weighted by Crippen LogP contribution is -2.61. The average Bonchev–Trinajstić information content (AvgIpc) is 3.31. The van der Waals surface area contributed by atoms with Crippen molar-refractivity contribution in [1.82, 2.24) is 29.5 Å². The molecule has 5 rings (SSSR count). The quantitative estimate of drug-likeness (QED) is 0.683. The number of benzene rings is 1. The molecule has 0 N–H and O–H groups in total. The largest absolute Gasteiger partial charge is 0.337 e. The molecule has 7 heteroatoms. The van der Waals surface area contributed by atoms with Crippen molar-refractivity contribution in [1.29, 1.82) is 0 Å². The number of carbonyl (C=O) groups is 1. The van der Waals surface area contributed by atoms with Crippen molar-refractivity contribution in [2.45, 2.75) is 12.5 Å². The summed E-state index contributed by atoms with van der Waals surface area (Å²) < 4.78 is 2.02. The van der Waals surface area contributed by atoms with Crippen molar-refractivity contribution in [3.8, 4) is 0 Å². The minimum absolute atomic E-state index is 0.0261. The van der Waals surface area contributed by atoms with E-state index in [1.165, 1.54) is 5.56 Å². The van der Waals surface area contributed by atoms with Crippen LogP contribution in [-0.4, -0.2) is 61.6 Å². The number of aromatic nitrogens is 4. The zero-order valence-corrected chi connectivity index (χ0v) is 16.5. The fourth-order valence-corrected chi connectivity index (χ4v) is 4.85. The number of nitrogens with zero attached hydrogens (tertiary/aromatic N) is 6. The van der Waals surface area contributed by atoms with E-state index >= 15 is 0 Å². The van der Waals surface area contributed by atoms with Crippen LogP contribution in [0, 0.1) is 5.41 Å². The molecular formula is C22H24N6O. The van der Waals surface area contributed by atoms with Gasteiger partial charge in [-0.1, -0.05) is 30.3 Å². The number of aryl methyl sites for hydroxylation is 1. The molecule has 4 heterocycles. The first kappa shape index (κ1) is 18.0. The highest BCUT2D eigenvalue weighted by Gasteiger charge is 2.57. The van der Waals surface area contributed by atoms with Gasteiger partial charge >= 0.3 is 0 Å². The summed E-state index contributed by atoms with van der Waals surface area (Å²) in [7, 11) is 2.00. The zero-order valence-electron chi connectivity index (χ0n) is 16.5. The van der Waals surface area contributed by atoms with Gasteiger partial charge in [-0.15, -0.1) is 10.2 Å². The van der Waals surface area contributed by atoms with Crippen LogP contribution in [0.3, 0.4) is 0 Å². The first-order valence-corrected chi connectivity index (χ1v) is 9.94. The molecule has 7 nitrogen and oxygen atoms in total. The van der Waals surface area contributed by atoms with Gasteiger partial charge < -0.3 is 9.47 Å². The molecule has 1 spiro atoms. The molecule has 1 atom stereocenters. The third-order valence-corrected chi connectivity index (χ3v) is 6.25. The maximum absolute atomic E-state index is 12.9. The zero-order chi connectivity index (χ0) is 19.8. The number of hydrogen-bond donors (Lipinski definition) is 0. The molecule has 0 radical (unpaired) electrons. The molecule has 2 aliphatic heterocycles. The fraction of sp³-hybridized carbons (Fsp3) is 0.364. The fourth-order valence-electron chi connectivity index (χ4n) is 4.85. The number of rotatable bonds is 4. The van der Waals surface area contributed by atoms with Gasteiger partial charge in [0.15, 0.2) is 0 Å². The van der Waals surface area contributed by atoms with E-state index in [4.69, 9.17) is 0 Å². The Kier molecular flexibility index (Phi) is 4.39. The van der Waals surface area contributed by atoms with Crippen LogP contribution < -0.4 is 0 Å². The van der Waals surface area contributed by atoms with Crippen LogP contribution in [0.5, 0.6) is 0 Å². The Bertz CT molecular complexity index is 996. The number of pyridine rings is 1. The summed E-state index contributed by atoms with van der Waals surface area (Å²) in [6.45, 7) is 4.29. The standard InChI is InChI=1S/C22H24N6O/c1-26-16-24-25-20(26)19-12-27(11-17-5-3-2-4-6-17)13-22(19)14-28(15-22)21(29)18-7-9-23-10-8-18/h2-10,16,19H,11-15H2,1H3. The number of hydrogen-bond acceptors (Lipinski definition) is 5.